The van der Waals surface area contributed by atoms with Crippen LogP contribution in [0.5, 0.6) is 0 Å². The molecule has 0 aliphatic heterocycles. The molecule has 1 heterocycles. The summed E-state index contributed by atoms with van der Waals surface area (Å²) in [6.45, 7) is 3.60. The third-order valence-corrected chi connectivity index (χ3v) is 2.15. The standard InChI is InChI=1S/C11H9NO2/c1-2-12-9-6-4-3-5-8(9)7-10(12)11(13)14/h2-7H,1H2,(H,13,14). The van der Waals surface area contributed by atoms with Gasteiger partial charge in [0.05, 0.1) is 5.52 Å². The quantitative estimate of drug-likeness (QED) is 0.784. The van der Waals surface area contributed by atoms with Crippen molar-refractivity contribution in [3.8, 4) is 0 Å². The number of carbonyl (C=O) groups is 1. The summed E-state index contributed by atoms with van der Waals surface area (Å²) in [5.74, 6) is -0.943. The van der Waals surface area contributed by atoms with Crippen molar-refractivity contribution in [1.82, 2.24) is 4.57 Å². The van der Waals surface area contributed by atoms with E-state index in [-0.39, 0.29) is 5.69 Å². The Balaban J connectivity index is 2.85. The fraction of sp³-hybridized carbons (Fsp3) is 0. The van der Waals surface area contributed by atoms with Crippen molar-refractivity contribution in [2.75, 3.05) is 0 Å². The van der Waals surface area contributed by atoms with Crippen molar-refractivity contribution in [3.05, 3.63) is 42.6 Å². The topological polar surface area (TPSA) is 42.2 Å². The van der Waals surface area contributed by atoms with Crippen molar-refractivity contribution < 1.29 is 9.90 Å². The van der Waals surface area contributed by atoms with Crippen LogP contribution in [0.25, 0.3) is 17.1 Å². The van der Waals surface area contributed by atoms with Gasteiger partial charge in [-0.2, -0.15) is 0 Å². The zero-order chi connectivity index (χ0) is 10.1. The highest BCUT2D eigenvalue weighted by Gasteiger charge is 2.11. The summed E-state index contributed by atoms with van der Waals surface area (Å²) in [4.78, 5) is 10.9. The van der Waals surface area contributed by atoms with Gasteiger partial charge in [0, 0.05) is 11.6 Å². The van der Waals surface area contributed by atoms with E-state index in [1.807, 2.05) is 24.3 Å². The molecule has 1 N–H and O–H groups in total. The lowest BCUT2D eigenvalue weighted by molar-refractivity contribution is 0.0689. The molecule has 0 radical (unpaired) electrons. The Kier molecular flexibility index (Phi) is 1.85. The molecule has 3 nitrogen and oxygen atoms in total. The summed E-state index contributed by atoms with van der Waals surface area (Å²) in [5.41, 5.74) is 1.10. The van der Waals surface area contributed by atoms with E-state index in [9.17, 15) is 4.79 Å². The first kappa shape index (κ1) is 8.56. The fourth-order valence-electron chi connectivity index (χ4n) is 1.54. The van der Waals surface area contributed by atoms with E-state index in [4.69, 9.17) is 5.11 Å². The Labute approximate surface area is 80.9 Å². The van der Waals surface area contributed by atoms with Gasteiger partial charge in [0.25, 0.3) is 0 Å². The number of rotatable bonds is 2. The minimum atomic E-state index is -0.943. The van der Waals surface area contributed by atoms with Crippen molar-refractivity contribution >= 4 is 23.1 Å². The summed E-state index contributed by atoms with van der Waals surface area (Å²) in [5, 5.41) is 9.84. The minimum absolute atomic E-state index is 0.237. The molecule has 70 valence electrons. The second-order valence-electron chi connectivity index (χ2n) is 2.95. The molecule has 0 spiro atoms. The maximum absolute atomic E-state index is 10.9. The smallest absolute Gasteiger partial charge is 0.352 e. The Bertz CT molecular complexity index is 511. The number of aromatic carboxylic acids is 1. The van der Waals surface area contributed by atoms with Gasteiger partial charge in [0.1, 0.15) is 5.69 Å². The van der Waals surface area contributed by atoms with Gasteiger partial charge in [0.2, 0.25) is 0 Å². The van der Waals surface area contributed by atoms with Crippen LogP contribution in [0.1, 0.15) is 10.5 Å². The van der Waals surface area contributed by atoms with Crippen molar-refractivity contribution in [1.29, 1.82) is 0 Å². The molecule has 1 aromatic carbocycles. The van der Waals surface area contributed by atoms with E-state index in [2.05, 4.69) is 6.58 Å². The first-order chi connectivity index (χ1) is 6.74. The lowest BCUT2D eigenvalue weighted by Crippen LogP contribution is -2.02. The van der Waals surface area contributed by atoms with Crippen LogP contribution in [0.15, 0.2) is 36.9 Å². The van der Waals surface area contributed by atoms with E-state index in [0.29, 0.717) is 0 Å². The SMILES string of the molecule is C=Cn1c(C(=O)O)cc2ccccc21. The normalized spacial score (nSPS) is 10.3. The van der Waals surface area contributed by atoms with E-state index in [0.717, 1.165) is 10.9 Å². The first-order valence-corrected chi connectivity index (χ1v) is 4.20. The Morgan fingerprint density at radius 3 is 2.79 bits per heavy atom. The second kappa shape index (κ2) is 3.03. The summed E-state index contributed by atoms with van der Waals surface area (Å²) in [6.07, 6.45) is 1.51. The van der Waals surface area contributed by atoms with Gasteiger partial charge >= 0.3 is 5.97 Å². The summed E-state index contributed by atoms with van der Waals surface area (Å²) >= 11 is 0. The lowest BCUT2D eigenvalue weighted by atomic mass is 10.2. The maximum atomic E-state index is 10.9. The molecule has 2 rings (SSSR count). The molecule has 1 aromatic heterocycles. The molecule has 0 aliphatic carbocycles. The number of hydrogen-bond donors (Lipinski definition) is 1. The van der Waals surface area contributed by atoms with Crippen LogP contribution in [-0.2, 0) is 0 Å². The first-order valence-electron chi connectivity index (χ1n) is 4.20. The van der Waals surface area contributed by atoms with Gasteiger partial charge in [0.15, 0.2) is 0 Å². The second-order valence-corrected chi connectivity index (χ2v) is 2.95. The molecule has 0 bridgehead atoms. The zero-order valence-corrected chi connectivity index (χ0v) is 7.47. The average molecular weight is 187 g/mol. The van der Waals surface area contributed by atoms with Crippen LogP contribution < -0.4 is 0 Å². The van der Waals surface area contributed by atoms with Crippen LogP contribution in [0, 0.1) is 0 Å². The van der Waals surface area contributed by atoms with Gasteiger partial charge in [-0.1, -0.05) is 24.8 Å². The van der Waals surface area contributed by atoms with Gasteiger partial charge in [-0.05, 0) is 12.1 Å². The van der Waals surface area contributed by atoms with Crippen LogP contribution in [0.2, 0.25) is 0 Å². The van der Waals surface area contributed by atoms with Gasteiger partial charge in [-0.15, -0.1) is 0 Å². The Morgan fingerprint density at radius 2 is 2.14 bits per heavy atom. The molecular weight excluding hydrogens is 178 g/mol. The number of aromatic nitrogens is 1. The molecule has 0 aliphatic rings. The van der Waals surface area contributed by atoms with Gasteiger partial charge in [-0.3, -0.25) is 0 Å². The summed E-state index contributed by atoms with van der Waals surface area (Å²) in [6, 6.07) is 9.12. The van der Waals surface area contributed by atoms with E-state index in [1.165, 1.54) is 6.20 Å². The third kappa shape index (κ3) is 1.10. The van der Waals surface area contributed by atoms with Crippen LogP contribution >= 0.6 is 0 Å². The maximum Gasteiger partial charge on any atom is 0.352 e. The zero-order valence-electron chi connectivity index (χ0n) is 7.47. The lowest BCUT2D eigenvalue weighted by Gasteiger charge is -1.99. The van der Waals surface area contributed by atoms with Gasteiger partial charge in [-0.25, -0.2) is 4.79 Å². The molecular formula is C11H9NO2. The van der Waals surface area contributed by atoms with E-state index >= 15 is 0 Å². The molecule has 0 atom stereocenters. The predicted octanol–water partition coefficient (Wildman–Crippen LogP) is 2.44. The van der Waals surface area contributed by atoms with Crippen molar-refractivity contribution in [2.45, 2.75) is 0 Å². The molecule has 0 saturated heterocycles. The molecule has 0 saturated carbocycles. The van der Waals surface area contributed by atoms with Crippen LogP contribution in [-0.4, -0.2) is 15.6 Å². The molecule has 0 fully saturated rings. The Hall–Kier alpha value is -2.03. The number of benzene rings is 1. The minimum Gasteiger partial charge on any atom is -0.477 e. The summed E-state index contributed by atoms with van der Waals surface area (Å²) in [7, 11) is 0. The number of hydrogen-bond acceptors (Lipinski definition) is 1. The number of fused-ring (bicyclic) bond motifs is 1. The fourth-order valence-corrected chi connectivity index (χ4v) is 1.54. The van der Waals surface area contributed by atoms with Gasteiger partial charge < -0.3 is 9.67 Å². The van der Waals surface area contributed by atoms with E-state index < -0.39 is 5.97 Å². The van der Waals surface area contributed by atoms with E-state index in [1.54, 1.807) is 10.6 Å². The summed E-state index contributed by atoms with van der Waals surface area (Å²) < 4.78 is 1.57. The molecule has 14 heavy (non-hydrogen) atoms. The highest BCUT2D eigenvalue weighted by Crippen LogP contribution is 2.19. The number of nitrogens with zero attached hydrogens (tertiary/aromatic N) is 1. The predicted molar refractivity (Wildman–Crippen MR) is 55.3 cm³/mol. The van der Waals surface area contributed by atoms with Crippen LogP contribution in [0.4, 0.5) is 0 Å². The third-order valence-electron chi connectivity index (χ3n) is 2.15. The monoisotopic (exact) mass is 187 g/mol. The Morgan fingerprint density at radius 1 is 1.43 bits per heavy atom. The average Bonchev–Trinajstić information content (AvgIpc) is 2.56. The number of carboxylic acids is 1. The highest BCUT2D eigenvalue weighted by molar-refractivity contribution is 5.96. The molecule has 0 amide bonds. The molecule has 2 aromatic rings. The molecule has 0 unspecified atom stereocenters. The number of para-hydroxylation sites is 1. The largest absolute Gasteiger partial charge is 0.477 e. The highest BCUT2D eigenvalue weighted by atomic mass is 16.4. The van der Waals surface area contributed by atoms with Crippen LogP contribution in [0.3, 0.4) is 0 Å². The molecule has 3 heteroatoms. The number of carboxylic acid groups (broad SMARTS) is 1. The van der Waals surface area contributed by atoms with Crippen molar-refractivity contribution in [3.63, 3.8) is 0 Å². The van der Waals surface area contributed by atoms with Crippen molar-refractivity contribution in [2.24, 2.45) is 0 Å².